The van der Waals surface area contributed by atoms with Crippen molar-refractivity contribution in [3.8, 4) is 0 Å². The third-order valence-electron chi connectivity index (χ3n) is 2.21. The molecule has 0 aliphatic carbocycles. The number of hydrogen-bond acceptors (Lipinski definition) is 2. The fourth-order valence-electron chi connectivity index (χ4n) is 1.52. The molecule has 0 atom stereocenters. The number of aromatic nitrogens is 2. The van der Waals surface area contributed by atoms with E-state index in [1.165, 1.54) is 5.57 Å². The van der Waals surface area contributed by atoms with Gasteiger partial charge in [0.05, 0.1) is 5.69 Å². The summed E-state index contributed by atoms with van der Waals surface area (Å²) < 4.78 is 2.06. The maximum Gasteiger partial charge on any atom is 0.193 e. The van der Waals surface area contributed by atoms with Crippen LogP contribution in [0.3, 0.4) is 0 Å². The largest absolute Gasteiger partial charge is 0.297 e. The highest BCUT2D eigenvalue weighted by atomic mass is 35.5. The number of fused-ring (bicyclic) bond motifs is 1. The van der Waals surface area contributed by atoms with Gasteiger partial charge in [-0.05, 0) is 13.3 Å². The van der Waals surface area contributed by atoms with Crippen molar-refractivity contribution < 1.29 is 0 Å². The molecule has 2 aromatic heterocycles. The van der Waals surface area contributed by atoms with Crippen LogP contribution in [0.4, 0.5) is 0 Å². The van der Waals surface area contributed by atoms with Gasteiger partial charge < -0.3 is 0 Å². The molecule has 4 heteroatoms. The van der Waals surface area contributed by atoms with Crippen LogP contribution in [0.2, 0.25) is 0 Å². The zero-order chi connectivity index (χ0) is 10.7. The summed E-state index contributed by atoms with van der Waals surface area (Å²) in [6, 6.07) is 0. The number of hydrogen-bond donors (Lipinski definition) is 0. The Morgan fingerprint density at radius 1 is 1.67 bits per heavy atom. The number of alkyl halides is 1. The minimum atomic E-state index is 0.690. The van der Waals surface area contributed by atoms with E-state index in [2.05, 4.69) is 28.6 Å². The van der Waals surface area contributed by atoms with Gasteiger partial charge in [0.1, 0.15) is 0 Å². The molecule has 2 heterocycles. The number of rotatable bonds is 4. The van der Waals surface area contributed by atoms with Crippen molar-refractivity contribution in [2.75, 3.05) is 5.88 Å². The van der Waals surface area contributed by atoms with Crippen molar-refractivity contribution in [3.05, 3.63) is 35.1 Å². The van der Waals surface area contributed by atoms with E-state index in [-0.39, 0.29) is 0 Å². The predicted octanol–water partition coefficient (Wildman–Crippen LogP) is 3.51. The highest BCUT2D eigenvalue weighted by Gasteiger charge is 2.02. The summed E-state index contributed by atoms with van der Waals surface area (Å²) in [6.45, 7) is 2.12. The summed E-state index contributed by atoms with van der Waals surface area (Å²) >= 11 is 7.30. The Hall–Kier alpha value is -0.800. The first-order valence-electron chi connectivity index (χ1n) is 4.92. The second kappa shape index (κ2) is 4.81. The number of halogens is 1. The second-order valence-corrected chi connectivity index (χ2v) is 4.78. The molecule has 0 amide bonds. The van der Waals surface area contributed by atoms with E-state index in [4.69, 9.17) is 11.6 Å². The third-order valence-corrected chi connectivity index (χ3v) is 3.19. The molecule has 2 aromatic rings. The Balaban J connectivity index is 2.09. The monoisotopic (exact) mass is 240 g/mol. The second-order valence-electron chi connectivity index (χ2n) is 3.53. The molecule has 0 aliphatic heterocycles. The van der Waals surface area contributed by atoms with Gasteiger partial charge in [-0.15, -0.1) is 22.9 Å². The number of allylic oxidation sites excluding steroid dienone is 2. The van der Waals surface area contributed by atoms with Gasteiger partial charge in [0, 0.05) is 30.1 Å². The summed E-state index contributed by atoms with van der Waals surface area (Å²) in [6.07, 6.45) is 8.17. The van der Waals surface area contributed by atoms with Crippen molar-refractivity contribution in [2.24, 2.45) is 0 Å². The maximum absolute atomic E-state index is 5.63. The van der Waals surface area contributed by atoms with E-state index in [9.17, 15) is 0 Å². The van der Waals surface area contributed by atoms with Crippen LogP contribution < -0.4 is 0 Å². The Bertz CT molecular complexity index is 441. The standard InChI is InChI=1S/C11H13ClN2S/c1-9(3-2-4-12)7-10-8-14-5-6-15-11(14)13-10/h3,5-6,8H,2,4,7H2,1H3/b9-3-. The molecule has 2 nitrogen and oxygen atoms in total. The summed E-state index contributed by atoms with van der Waals surface area (Å²) in [7, 11) is 0. The molecular formula is C11H13ClN2S. The molecule has 0 saturated carbocycles. The lowest BCUT2D eigenvalue weighted by Gasteiger charge is -1.96. The van der Waals surface area contributed by atoms with E-state index in [1.54, 1.807) is 11.3 Å². The first-order valence-corrected chi connectivity index (χ1v) is 6.33. The van der Waals surface area contributed by atoms with Gasteiger partial charge >= 0.3 is 0 Å². The molecule has 0 N–H and O–H groups in total. The fraction of sp³-hybridized carbons (Fsp3) is 0.364. The van der Waals surface area contributed by atoms with E-state index >= 15 is 0 Å². The lowest BCUT2D eigenvalue weighted by Crippen LogP contribution is -1.87. The van der Waals surface area contributed by atoms with Crippen LogP contribution >= 0.6 is 22.9 Å². The Morgan fingerprint density at radius 3 is 3.27 bits per heavy atom. The normalized spacial score (nSPS) is 12.5. The minimum absolute atomic E-state index is 0.690. The van der Waals surface area contributed by atoms with Crippen LogP contribution in [0.25, 0.3) is 4.96 Å². The molecule has 0 aliphatic rings. The van der Waals surface area contributed by atoms with E-state index in [0.717, 1.165) is 23.5 Å². The average molecular weight is 241 g/mol. The smallest absolute Gasteiger partial charge is 0.193 e. The van der Waals surface area contributed by atoms with Crippen molar-refractivity contribution in [1.29, 1.82) is 0 Å². The molecule has 80 valence electrons. The molecule has 0 bridgehead atoms. The van der Waals surface area contributed by atoms with Crippen molar-refractivity contribution in [3.63, 3.8) is 0 Å². The van der Waals surface area contributed by atoms with Crippen molar-refractivity contribution >= 4 is 27.9 Å². The van der Waals surface area contributed by atoms with Crippen molar-refractivity contribution in [2.45, 2.75) is 19.8 Å². The summed E-state index contributed by atoms with van der Waals surface area (Å²) in [5.41, 5.74) is 2.46. The van der Waals surface area contributed by atoms with Gasteiger partial charge in [-0.1, -0.05) is 11.6 Å². The number of thiazole rings is 1. The molecular weight excluding hydrogens is 228 g/mol. The quantitative estimate of drug-likeness (QED) is 0.591. The first kappa shape index (κ1) is 10.7. The van der Waals surface area contributed by atoms with Gasteiger partial charge in [-0.3, -0.25) is 4.40 Å². The minimum Gasteiger partial charge on any atom is -0.297 e. The maximum atomic E-state index is 5.63. The first-order chi connectivity index (χ1) is 7.29. The zero-order valence-corrected chi connectivity index (χ0v) is 10.2. The van der Waals surface area contributed by atoms with Gasteiger partial charge in [-0.2, -0.15) is 0 Å². The Kier molecular flexibility index (Phi) is 3.44. The lowest BCUT2D eigenvalue weighted by atomic mass is 10.1. The lowest BCUT2D eigenvalue weighted by molar-refractivity contribution is 1.05. The zero-order valence-electron chi connectivity index (χ0n) is 8.61. The highest BCUT2D eigenvalue weighted by molar-refractivity contribution is 7.15. The fourth-order valence-corrected chi connectivity index (χ4v) is 2.35. The molecule has 0 aromatic carbocycles. The van der Waals surface area contributed by atoms with Gasteiger partial charge in [-0.25, -0.2) is 4.98 Å². The van der Waals surface area contributed by atoms with Gasteiger partial charge in [0.25, 0.3) is 0 Å². The predicted molar refractivity (Wildman–Crippen MR) is 65.9 cm³/mol. The third kappa shape index (κ3) is 2.61. The number of imidazole rings is 1. The number of nitrogens with zero attached hydrogens (tertiary/aromatic N) is 2. The molecule has 2 rings (SSSR count). The Labute approximate surface area is 98.2 Å². The average Bonchev–Trinajstić information content (AvgIpc) is 2.74. The molecule has 0 saturated heterocycles. The van der Waals surface area contributed by atoms with Gasteiger partial charge in [0.2, 0.25) is 0 Å². The van der Waals surface area contributed by atoms with Crippen LogP contribution in [-0.2, 0) is 6.42 Å². The van der Waals surface area contributed by atoms with Crippen LogP contribution in [-0.4, -0.2) is 15.3 Å². The molecule has 0 fully saturated rings. The Morgan fingerprint density at radius 2 is 2.53 bits per heavy atom. The molecule has 0 radical (unpaired) electrons. The van der Waals surface area contributed by atoms with Crippen LogP contribution in [0.5, 0.6) is 0 Å². The van der Waals surface area contributed by atoms with E-state index in [0.29, 0.717) is 5.88 Å². The molecule has 0 spiro atoms. The SMILES string of the molecule is C/C(=C/CCCl)Cc1cn2ccsc2n1. The van der Waals surface area contributed by atoms with Gasteiger partial charge in [0.15, 0.2) is 4.96 Å². The molecule has 15 heavy (non-hydrogen) atoms. The van der Waals surface area contributed by atoms with Crippen LogP contribution in [0, 0.1) is 0 Å². The topological polar surface area (TPSA) is 17.3 Å². The summed E-state index contributed by atoms with van der Waals surface area (Å²) in [5.74, 6) is 0.690. The van der Waals surface area contributed by atoms with E-state index in [1.807, 2.05) is 11.6 Å². The van der Waals surface area contributed by atoms with Crippen LogP contribution in [0.1, 0.15) is 19.0 Å². The summed E-state index contributed by atoms with van der Waals surface area (Å²) in [4.78, 5) is 5.59. The molecule has 0 unspecified atom stereocenters. The summed E-state index contributed by atoms with van der Waals surface area (Å²) in [5, 5.41) is 2.04. The van der Waals surface area contributed by atoms with Crippen molar-refractivity contribution in [1.82, 2.24) is 9.38 Å². The highest BCUT2D eigenvalue weighted by Crippen LogP contribution is 2.14. The van der Waals surface area contributed by atoms with E-state index < -0.39 is 0 Å². The van der Waals surface area contributed by atoms with Crippen LogP contribution in [0.15, 0.2) is 29.4 Å².